The molecule has 3 rings (SSSR count). The number of halogens is 1. The average Bonchev–Trinajstić information content (AvgIpc) is 2.54. The smallest absolute Gasteiger partial charge is 0.270 e. The number of benzene rings is 1. The van der Waals surface area contributed by atoms with Gasteiger partial charge in [-0.25, -0.2) is 0 Å². The Morgan fingerprint density at radius 2 is 2.00 bits per heavy atom. The van der Waals surface area contributed by atoms with Gasteiger partial charge in [0.1, 0.15) is 18.9 Å². The van der Waals surface area contributed by atoms with Gasteiger partial charge in [0.05, 0.1) is 6.04 Å². The minimum Gasteiger partial charge on any atom is -0.486 e. The van der Waals surface area contributed by atoms with Gasteiger partial charge < -0.3 is 14.8 Å². The highest BCUT2D eigenvalue weighted by atomic mass is 79.9. The summed E-state index contributed by atoms with van der Waals surface area (Å²) in [5.74, 6) is 1.20. The van der Waals surface area contributed by atoms with E-state index in [1.165, 1.54) is 0 Å². The summed E-state index contributed by atoms with van der Waals surface area (Å²) < 4.78 is 12.0. The number of carbonyl (C=O) groups is 1. The molecule has 22 heavy (non-hydrogen) atoms. The van der Waals surface area contributed by atoms with Crippen molar-refractivity contribution in [2.24, 2.45) is 0 Å². The summed E-state index contributed by atoms with van der Waals surface area (Å²) in [5, 5.41) is 2.93. The first-order valence-electron chi connectivity index (χ1n) is 6.96. The van der Waals surface area contributed by atoms with Crippen molar-refractivity contribution in [2.45, 2.75) is 13.0 Å². The van der Waals surface area contributed by atoms with Crippen molar-refractivity contribution in [2.75, 3.05) is 13.2 Å². The first kappa shape index (κ1) is 14.8. The standard InChI is InChI=1S/C16H15BrN2O3/c1-10(19-16(20)13-4-2-3-5-18-13)11-8-14-15(9-12(11)17)22-7-6-21-14/h2-5,8-10H,6-7H2,1H3,(H,19,20). The quantitative estimate of drug-likeness (QED) is 0.911. The molecule has 1 amide bonds. The molecular weight excluding hydrogens is 348 g/mol. The zero-order chi connectivity index (χ0) is 15.5. The van der Waals surface area contributed by atoms with Crippen molar-refractivity contribution < 1.29 is 14.3 Å². The summed E-state index contributed by atoms with van der Waals surface area (Å²) in [6, 6.07) is 8.81. The fourth-order valence-electron chi connectivity index (χ4n) is 2.26. The van der Waals surface area contributed by atoms with Crippen LogP contribution in [0.4, 0.5) is 0 Å². The number of rotatable bonds is 3. The summed E-state index contributed by atoms with van der Waals surface area (Å²) in [7, 11) is 0. The van der Waals surface area contributed by atoms with Crippen molar-refractivity contribution in [3.05, 3.63) is 52.3 Å². The van der Waals surface area contributed by atoms with Crippen LogP contribution in [0.25, 0.3) is 0 Å². The van der Waals surface area contributed by atoms with Crippen LogP contribution in [0, 0.1) is 0 Å². The van der Waals surface area contributed by atoms with E-state index in [0.717, 1.165) is 10.0 Å². The third-order valence-corrected chi connectivity index (χ3v) is 4.06. The second kappa shape index (κ2) is 6.36. The predicted molar refractivity (Wildman–Crippen MR) is 85.3 cm³/mol. The summed E-state index contributed by atoms with van der Waals surface area (Å²) in [5.41, 5.74) is 1.32. The van der Waals surface area contributed by atoms with E-state index in [1.807, 2.05) is 19.1 Å². The number of ether oxygens (including phenoxy) is 2. The van der Waals surface area contributed by atoms with Gasteiger partial charge in [-0.1, -0.05) is 22.0 Å². The number of fused-ring (bicyclic) bond motifs is 1. The molecule has 1 aliphatic rings. The van der Waals surface area contributed by atoms with Crippen LogP contribution in [0.2, 0.25) is 0 Å². The average molecular weight is 363 g/mol. The Balaban J connectivity index is 1.80. The van der Waals surface area contributed by atoms with Crippen molar-refractivity contribution in [1.82, 2.24) is 10.3 Å². The Morgan fingerprint density at radius 1 is 1.27 bits per heavy atom. The van der Waals surface area contributed by atoms with E-state index < -0.39 is 0 Å². The number of pyridine rings is 1. The van der Waals surface area contributed by atoms with Gasteiger partial charge in [-0.15, -0.1) is 0 Å². The lowest BCUT2D eigenvalue weighted by Gasteiger charge is -2.22. The molecule has 0 spiro atoms. The third-order valence-electron chi connectivity index (χ3n) is 3.37. The molecule has 5 nitrogen and oxygen atoms in total. The molecule has 0 bridgehead atoms. The molecule has 0 saturated heterocycles. The van der Waals surface area contributed by atoms with E-state index in [4.69, 9.17) is 9.47 Å². The minimum absolute atomic E-state index is 0.195. The molecule has 1 aliphatic heterocycles. The Hall–Kier alpha value is -2.08. The van der Waals surface area contributed by atoms with E-state index in [9.17, 15) is 4.79 Å². The highest BCUT2D eigenvalue weighted by Gasteiger charge is 2.19. The minimum atomic E-state index is -0.213. The first-order chi connectivity index (χ1) is 10.6. The van der Waals surface area contributed by atoms with Gasteiger partial charge in [0.15, 0.2) is 11.5 Å². The van der Waals surface area contributed by atoms with Crippen LogP contribution >= 0.6 is 15.9 Å². The van der Waals surface area contributed by atoms with Crippen LogP contribution in [-0.4, -0.2) is 24.1 Å². The van der Waals surface area contributed by atoms with Crippen LogP contribution < -0.4 is 14.8 Å². The maximum Gasteiger partial charge on any atom is 0.270 e. The first-order valence-corrected chi connectivity index (χ1v) is 7.75. The van der Waals surface area contributed by atoms with Gasteiger partial charge in [0.25, 0.3) is 5.91 Å². The Kier molecular flexibility index (Phi) is 4.29. The lowest BCUT2D eigenvalue weighted by molar-refractivity contribution is 0.0934. The molecule has 0 saturated carbocycles. The number of nitrogens with one attached hydrogen (secondary N) is 1. The SMILES string of the molecule is CC(NC(=O)c1ccccn1)c1cc2c(cc1Br)OCCO2. The highest BCUT2D eigenvalue weighted by Crippen LogP contribution is 2.37. The predicted octanol–water partition coefficient (Wildman–Crippen LogP) is 3.11. The Bertz CT molecular complexity index is 691. The molecule has 1 aromatic carbocycles. The van der Waals surface area contributed by atoms with Crippen LogP contribution in [0.1, 0.15) is 29.0 Å². The molecule has 1 unspecified atom stereocenters. The zero-order valence-electron chi connectivity index (χ0n) is 12.0. The van der Waals surface area contributed by atoms with E-state index >= 15 is 0 Å². The number of nitrogens with zero attached hydrogens (tertiary/aromatic N) is 1. The van der Waals surface area contributed by atoms with E-state index in [-0.39, 0.29) is 11.9 Å². The molecule has 6 heteroatoms. The largest absolute Gasteiger partial charge is 0.486 e. The van der Waals surface area contributed by atoms with Crippen molar-refractivity contribution in [1.29, 1.82) is 0 Å². The molecule has 1 aromatic heterocycles. The number of carbonyl (C=O) groups excluding carboxylic acids is 1. The lowest BCUT2D eigenvalue weighted by Crippen LogP contribution is -2.27. The number of aromatic nitrogens is 1. The second-order valence-corrected chi connectivity index (χ2v) is 5.78. The Morgan fingerprint density at radius 3 is 2.68 bits per heavy atom. The van der Waals surface area contributed by atoms with Crippen molar-refractivity contribution >= 4 is 21.8 Å². The topological polar surface area (TPSA) is 60.5 Å². The van der Waals surface area contributed by atoms with Gasteiger partial charge in [-0.3, -0.25) is 9.78 Å². The molecule has 1 N–H and O–H groups in total. The number of hydrogen-bond donors (Lipinski definition) is 1. The lowest BCUT2D eigenvalue weighted by atomic mass is 10.1. The van der Waals surface area contributed by atoms with Gasteiger partial charge >= 0.3 is 0 Å². The van der Waals surface area contributed by atoms with E-state index in [1.54, 1.807) is 24.4 Å². The van der Waals surface area contributed by atoms with Crippen molar-refractivity contribution in [3.63, 3.8) is 0 Å². The van der Waals surface area contributed by atoms with Crippen LogP contribution in [0.3, 0.4) is 0 Å². The van der Waals surface area contributed by atoms with E-state index in [0.29, 0.717) is 30.4 Å². The zero-order valence-corrected chi connectivity index (χ0v) is 13.6. The normalized spacial score (nSPS) is 14.3. The molecule has 2 aromatic rings. The second-order valence-electron chi connectivity index (χ2n) is 4.93. The monoisotopic (exact) mass is 362 g/mol. The number of amides is 1. The molecule has 114 valence electrons. The fourth-order valence-corrected chi connectivity index (χ4v) is 2.92. The summed E-state index contributed by atoms with van der Waals surface area (Å²) >= 11 is 3.52. The molecular formula is C16H15BrN2O3. The number of hydrogen-bond acceptors (Lipinski definition) is 4. The molecule has 0 aliphatic carbocycles. The highest BCUT2D eigenvalue weighted by molar-refractivity contribution is 9.10. The van der Waals surface area contributed by atoms with Crippen molar-refractivity contribution in [3.8, 4) is 11.5 Å². The summed E-state index contributed by atoms with van der Waals surface area (Å²) in [6.45, 7) is 2.99. The molecule has 0 radical (unpaired) electrons. The maximum atomic E-state index is 12.2. The fraction of sp³-hybridized carbons (Fsp3) is 0.250. The molecule has 0 fully saturated rings. The van der Waals surface area contributed by atoms with Crippen LogP contribution in [0.5, 0.6) is 11.5 Å². The third kappa shape index (κ3) is 3.06. The van der Waals surface area contributed by atoms with Crippen LogP contribution in [-0.2, 0) is 0 Å². The summed E-state index contributed by atoms with van der Waals surface area (Å²) in [4.78, 5) is 16.2. The molecule has 2 heterocycles. The maximum absolute atomic E-state index is 12.2. The van der Waals surface area contributed by atoms with Gasteiger partial charge in [0.2, 0.25) is 0 Å². The van der Waals surface area contributed by atoms with Gasteiger partial charge in [-0.2, -0.15) is 0 Å². The Labute approximate surface area is 136 Å². The van der Waals surface area contributed by atoms with E-state index in [2.05, 4.69) is 26.2 Å². The summed E-state index contributed by atoms with van der Waals surface area (Å²) in [6.07, 6.45) is 1.60. The van der Waals surface area contributed by atoms with Gasteiger partial charge in [-0.05, 0) is 36.8 Å². The van der Waals surface area contributed by atoms with Crippen LogP contribution in [0.15, 0.2) is 41.0 Å². The molecule has 1 atom stereocenters. The van der Waals surface area contributed by atoms with Gasteiger partial charge in [0, 0.05) is 10.7 Å².